The number of ether oxygens (including phenoxy) is 1. The smallest absolute Gasteiger partial charge is 0.337 e. The molecular weight excluding hydrogens is 185 g/mol. The summed E-state index contributed by atoms with van der Waals surface area (Å²) in [6, 6.07) is 4.63. The van der Waals surface area contributed by atoms with Gasteiger partial charge in [-0.1, -0.05) is 11.5 Å². The lowest BCUT2D eigenvalue weighted by Crippen LogP contribution is -2.11. The molecule has 14 heavy (non-hydrogen) atoms. The summed E-state index contributed by atoms with van der Waals surface area (Å²) >= 11 is 0. The van der Waals surface area contributed by atoms with Crippen molar-refractivity contribution in [3.05, 3.63) is 23.8 Å². The maximum absolute atomic E-state index is 11.0. The Bertz CT molecular complexity index is 316. The average Bonchev–Trinajstić information content (AvgIpc) is 2.08. The number of carbonyl (C=O) groups excluding carboxylic acids is 1. The third kappa shape index (κ3) is 3.08. The zero-order valence-electron chi connectivity index (χ0n) is 7.70. The number of nitrogens with two attached hydrogens (primary N) is 1. The van der Waals surface area contributed by atoms with Crippen LogP contribution in [0.25, 0.3) is 0 Å². The minimum atomic E-state index is -0.415. The Balaban J connectivity index is 0. The number of esters is 1. The second-order valence-electron chi connectivity index (χ2n) is 2.34. The summed E-state index contributed by atoms with van der Waals surface area (Å²) in [6.07, 6.45) is 0. The second-order valence-corrected chi connectivity index (χ2v) is 2.34. The quantitative estimate of drug-likeness (QED) is 0.325. The maximum atomic E-state index is 11.0. The van der Waals surface area contributed by atoms with Crippen molar-refractivity contribution in [2.45, 2.75) is 0 Å². The predicted octanol–water partition coefficient (Wildman–Crippen LogP) is -1.80. The lowest BCUT2D eigenvalue weighted by atomic mass is 9.93. The highest BCUT2D eigenvalue weighted by Crippen LogP contribution is 2.04. The van der Waals surface area contributed by atoms with Crippen LogP contribution in [0.3, 0.4) is 0 Å². The molecule has 1 aromatic rings. The van der Waals surface area contributed by atoms with Crippen molar-refractivity contribution in [3.8, 4) is 0 Å². The van der Waals surface area contributed by atoms with Crippen LogP contribution in [-0.2, 0) is 4.74 Å². The van der Waals surface area contributed by atoms with Crippen LogP contribution in [0.15, 0.2) is 18.2 Å². The van der Waals surface area contributed by atoms with E-state index in [0.717, 1.165) is 0 Å². The van der Waals surface area contributed by atoms with Crippen LogP contribution in [0.5, 0.6) is 0 Å². The molecule has 0 fully saturated rings. The fourth-order valence-electron chi connectivity index (χ4n) is 0.820. The van der Waals surface area contributed by atoms with E-state index in [1.165, 1.54) is 13.2 Å². The first-order chi connectivity index (χ1) is 5.65. The molecule has 0 aliphatic rings. The SMILES string of the molecule is O.O.[B]c1ccc(C(=O)OC)cc1N. The molecule has 0 saturated carbocycles. The van der Waals surface area contributed by atoms with Crippen LogP contribution in [0.2, 0.25) is 0 Å². The van der Waals surface area contributed by atoms with Gasteiger partial charge in [-0.15, -0.1) is 0 Å². The Hall–Kier alpha value is -1.53. The van der Waals surface area contributed by atoms with E-state index in [2.05, 4.69) is 4.74 Å². The third-order valence-electron chi connectivity index (χ3n) is 1.51. The lowest BCUT2D eigenvalue weighted by Gasteiger charge is -2.02. The number of anilines is 1. The summed E-state index contributed by atoms with van der Waals surface area (Å²) in [6.45, 7) is 0. The van der Waals surface area contributed by atoms with Gasteiger partial charge < -0.3 is 21.4 Å². The van der Waals surface area contributed by atoms with Crippen LogP contribution in [0, 0.1) is 0 Å². The molecule has 0 amide bonds. The molecule has 0 spiro atoms. The number of benzene rings is 1. The monoisotopic (exact) mass is 197 g/mol. The van der Waals surface area contributed by atoms with Gasteiger partial charge in [0.25, 0.3) is 0 Å². The summed E-state index contributed by atoms with van der Waals surface area (Å²) in [5.41, 5.74) is 6.73. The molecule has 1 rings (SSSR count). The first kappa shape index (κ1) is 15.0. The van der Waals surface area contributed by atoms with Crippen molar-refractivity contribution in [1.82, 2.24) is 0 Å². The molecular formula is C8H12BNO4. The molecule has 0 atom stereocenters. The van der Waals surface area contributed by atoms with Crippen molar-refractivity contribution in [2.24, 2.45) is 0 Å². The van der Waals surface area contributed by atoms with Crippen LogP contribution >= 0.6 is 0 Å². The fourth-order valence-corrected chi connectivity index (χ4v) is 0.820. The largest absolute Gasteiger partial charge is 0.465 e. The van der Waals surface area contributed by atoms with Gasteiger partial charge in [0.2, 0.25) is 0 Å². The fraction of sp³-hybridized carbons (Fsp3) is 0.125. The Morgan fingerprint density at radius 3 is 2.43 bits per heavy atom. The molecule has 0 saturated heterocycles. The van der Waals surface area contributed by atoms with E-state index in [1.807, 2.05) is 0 Å². The molecule has 0 bridgehead atoms. The molecule has 0 aliphatic heterocycles. The maximum Gasteiger partial charge on any atom is 0.337 e. The zero-order chi connectivity index (χ0) is 9.14. The molecule has 5 nitrogen and oxygen atoms in total. The molecule has 2 radical (unpaired) electrons. The number of nitrogen functional groups attached to an aromatic ring is 1. The van der Waals surface area contributed by atoms with E-state index in [9.17, 15) is 4.79 Å². The van der Waals surface area contributed by atoms with Gasteiger partial charge in [0.1, 0.15) is 7.85 Å². The minimum Gasteiger partial charge on any atom is -0.465 e. The number of hydrogen-bond acceptors (Lipinski definition) is 3. The molecule has 0 aromatic heterocycles. The second kappa shape index (κ2) is 6.01. The van der Waals surface area contributed by atoms with Crippen molar-refractivity contribution in [3.63, 3.8) is 0 Å². The summed E-state index contributed by atoms with van der Waals surface area (Å²) in [7, 11) is 6.77. The highest BCUT2D eigenvalue weighted by molar-refractivity contribution is 6.35. The van der Waals surface area contributed by atoms with Crippen molar-refractivity contribution in [1.29, 1.82) is 0 Å². The van der Waals surface area contributed by atoms with Gasteiger partial charge in [-0.3, -0.25) is 0 Å². The van der Waals surface area contributed by atoms with Gasteiger partial charge in [-0.25, -0.2) is 4.79 Å². The average molecular weight is 197 g/mol. The van der Waals surface area contributed by atoms with Gasteiger partial charge in [-0.2, -0.15) is 0 Å². The van der Waals surface area contributed by atoms with E-state index in [1.54, 1.807) is 12.1 Å². The molecule has 0 heterocycles. The lowest BCUT2D eigenvalue weighted by molar-refractivity contribution is 0.0601. The Morgan fingerprint density at radius 2 is 2.00 bits per heavy atom. The summed E-state index contributed by atoms with van der Waals surface area (Å²) in [5.74, 6) is -0.415. The highest BCUT2D eigenvalue weighted by Gasteiger charge is 2.05. The number of hydrogen-bond donors (Lipinski definition) is 1. The van der Waals surface area contributed by atoms with Gasteiger partial charge >= 0.3 is 5.97 Å². The van der Waals surface area contributed by atoms with E-state index < -0.39 is 5.97 Å². The molecule has 6 N–H and O–H groups in total. The van der Waals surface area contributed by atoms with Crippen LogP contribution in [0.1, 0.15) is 10.4 Å². The molecule has 0 aliphatic carbocycles. The standard InChI is InChI=1S/C8H8BNO2.2H2O/c1-12-8(11)5-2-3-6(9)7(10)4-5;;/h2-4H,10H2,1H3;2*1H2. The van der Waals surface area contributed by atoms with Gasteiger partial charge in [-0.05, 0) is 12.1 Å². The van der Waals surface area contributed by atoms with E-state index in [0.29, 0.717) is 16.7 Å². The highest BCUT2D eigenvalue weighted by atomic mass is 16.5. The van der Waals surface area contributed by atoms with Crippen molar-refractivity contribution >= 4 is 25.0 Å². The topological polar surface area (TPSA) is 115 Å². The summed E-state index contributed by atoms with van der Waals surface area (Å²) in [5, 5.41) is 0. The first-order valence-corrected chi connectivity index (χ1v) is 3.38. The number of methoxy groups -OCH3 is 1. The van der Waals surface area contributed by atoms with Gasteiger partial charge in [0.05, 0.1) is 12.7 Å². The van der Waals surface area contributed by atoms with E-state index >= 15 is 0 Å². The number of carbonyl (C=O) groups is 1. The molecule has 1 aromatic carbocycles. The van der Waals surface area contributed by atoms with Gasteiger partial charge in [0, 0.05) is 5.69 Å². The minimum absolute atomic E-state index is 0. The van der Waals surface area contributed by atoms with Crippen LogP contribution in [0.4, 0.5) is 5.69 Å². The van der Waals surface area contributed by atoms with E-state index in [4.69, 9.17) is 13.6 Å². The van der Waals surface area contributed by atoms with Crippen molar-refractivity contribution < 1.29 is 20.5 Å². The first-order valence-electron chi connectivity index (χ1n) is 3.38. The van der Waals surface area contributed by atoms with Crippen molar-refractivity contribution in [2.75, 3.05) is 12.8 Å². The van der Waals surface area contributed by atoms with Crippen LogP contribution < -0.4 is 11.2 Å². The normalized spacial score (nSPS) is 8.07. The number of rotatable bonds is 1. The van der Waals surface area contributed by atoms with Crippen LogP contribution in [-0.4, -0.2) is 31.9 Å². The molecule has 0 unspecified atom stereocenters. The van der Waals surface area contributed by atoms with E-state index in [-0.39, 0.29) is 11.0 Å². The summed E-state index contributed by atoms with van der Waals surface area (Å²) in [4.78, 5) is 11.0. The third-order valence-corrected chi connectivity index (χ3v) is 1.51. The Kier molecular flexibility index (Phi) is 6.43. The predicted molar refractivity (Wildman–Crippen MR) is 54.8 cm³/mol. The summed E-state index contributed by atoms with van der Waals surface area (Å²) < 4.78 is 4.50. The Labute approximate surface area is 82.9 Å². The van der Waals surface area contributed by atoms with Gasteiger partial charge in [0.15, 0.2) is 0 Å². The zero-order valence-corrected chi connectivity index (χ0v) is 7.70. The Morgan fingerprint density at radius 1 is 1.43 bits per heavy atom. The molecule has 76 valence electrons. The molecule has 6 heteroatoms.